The topological polar surface area (TPSA) is 52.7 Å². The Balaban J connectivity index is 1.50. The maximum atomic E-state index is 4.61. The van der Waals surface area contributed by atoms with Crippen molar-refractivity contribution < 1.29 is 0 Å². The minimum absolute atomic E-state index is 0.821. The molecule has 0 aliphatic heterocycles. The van der Waals surface area contributed by atoms with Gasteiger partial charge >= 0.3 is 0 Å². The fraction of sp³-hybridized carbons (Fsp3) is 0.353. The van der Waals surface area contributed by atoms with E-state index in [2.05, 4.69) is 94.7 Å². The molecule has 4 aromatic rings. The highest BCUT2D eigenvalue weighted by Gasteiger charge is 2.07. The van der Waals surface area contributed by atoms with Crippen LogP contribution in [-0.2, 0) is 6.42 Å². The van der Waals surface area contributed by atoms with Crippen molar-refractivity contribution in [3.05, 3.63) is 90.5 Å². The van der Waals surface area contributed by atoms with Crippen molar-refractivity contribution in [2.45, 2.75) is 65.7 Å². The summed E-state index contributed by atoms with van der Waals surface area (Å²) < 4.78 is 0. The molecule has 0 amide bonds. The van der Waals surface area contributed by atoms with Gasteiger partial charge in [-0.05, 0) is 79.8 Å². The molecule has 0 aromatic heterocycles. The molecule has 0 bridgehead atoms. The monoisotopic (exact) mass is 519 g/mol. The zero-order valence-corrected chi connectivity index (χ0v) is 23.7. The van der Waals surface area contributed by atoms with Crippen LogP contribution in [0.2, 0.25) is 0 Å². The zero-order valence-electron chi connectivity index (χ0n) is 23.7. The Hall–Kier alpha value is -3.86. The fourth-order valence-electron chi connectivity index (χ4n) is 4.57. The number of benzene rings is 4. The average Bonchev–Trinajstić information content (AvgIpc) is 2.99. The Morgan fingerprint density at radius 3 is 1.49 bits per heavy atom. The molecule has 4 rings (SSSR count). The third kappa shape index (κ3) is 8.06. The van der Waals surface area contributed by atoms with E-state index in [0.717, 1.165) is 53.0 Å². The molecule has 0 spiro atoms. The van der Waals surface area contributed by atoms with Gasteiger partial charge in [0.25, 0.3) is 0 Å². The number of nitrogens with zero attached hydrogens (tertiary/aromatic N) is 5. The summed E-state index contributed by atoms with van der Waals surface area (Å²) in [6, 6.07) is 28.9. The number of anilines is 1. The molecule has 5 heteroatoms. The van der Waals surface area contributed by atoms with Gasteiger partial charge in [0.15, 0.2) is 0 Å². The van der Waals surface area contributed by atoms with E-state index < -0.39 is 0 Å². The van der Waals surface area contributed by atoms with Crippen molar-refractivity contribution in [3.8, 4) is 0 Å². The molecule has 4 aromatic carbocycles. The highest BCUT2D eigenvalue weighted by Crippen LogP contribution is 2.35. The summed E-state index contributed by atoms with van der Waals surface area (Å²) in [6.07, 6.45) is 8.34. The Morgan fingerprint density at radius 1 is 0.513 bits per heavy atom. The Morgan fingerprint density at radius 2 is 1.00 bits per heavy atom. The fourth-order valence-corrected chi connectivity index (χ4v) is 4.57. The summed E-state index contributed by atoms with van der Waals surface area (Å²) >= 11 is 0. The van der Waals surface area contributed by atoms with E-state index in [1.807, 2.05) is 36.4 Å². The van der Waals surface area contributed by atoms with Crippen LogP contribution in [0.25, 0.3) is 10.8 Å². The first-order valence-corrected chi connectivity index (χ1v) is 14.5. The Kier molecular flexibility index (Phi) is 10.8. The normalized spacial score (nSPS) is 11.7. The quantitative estimate of drug-likeness (QED) is 0.153. The SMILES string of the molecule is CCCCc1ccc(N=Nc2ccc(N=Nc3ccc(N(CCCC)CCCC)cc3)c3ccccc23)cc1. The molecule has 0 saturated heterocycles. The van der Waals surface area contributed by atoms with Crippen molar-refractivity contribution in [2.75, 3.05) is 18.0 Å². The van der Waals surface area contributed by atoms with Gasteiger partial charge in [-0.3, -0.25) is 0 Å². The number of azo groups is 2. The second kappa shape index (κ2) is 14.9. The van der Waals surface area contributed by atoms with Crippen molar-refractivity contribution >= 4 is 39.2 Å². The van der Waals surface area contributed by atoms with E-state index in [4.69, 9.17) is 0 Å². The molecule has 0 aliphatic carbocycles. The molecule has 39 heavy (non-hydrogen) atoms. The highest BCUT2D eigenvalue weighted by atomic mass is 15.1. The number of aryl methyl sites for hydroxylation is 1. The van der Waals surface area contributed by atoms with Gasteiger partial charge in [0.1, 0.15) is 0 Å². The molecule has 0 atom stereocenters. The third-order valence-corrected chi connectivity index (χ3v) is 6.96. The van der Waals surface area contributed by atoms with Gasteiger partial charge in [-0.1, -0.05) is 76.4 Å². The van der Waals surface area contributed by atoms with Crippen molar-refractivity contribution in [3.63, 3.8) is 0 Å². The van der Waals surface area contributed by atoms with Gasteiger partial charge in [-0.15, -0.1) is 10.2 Å². The molecule has 202 valence electrons. The third-order valence-electron chi connectivity index (χ3n) is 6.96. The predicted molar refractivity (Wildman–Crippen MR) is 166 cm³/mol. The summed E-state index contributed by atoms with van der Waals surface area (Å²) in [5.41, 5.74) is 5.95. The maximum Gasteiger partial charge on any atom is 0.0936 e. The molecule has 5 nitrogen and oxygen atoms in total. The summed E-state index contributed by atoms with van der Waals surface area (Å²) in [4.78, 5) is 2.48. The van der Waals surface area contributed by atoms with Crippen LogP contribution >= 0.6 is 0 Å². The lowest BCUT2D eigenvalue weighted by molar-refractivity contribution is 0.678. The second-order valence-electron chi connectivity index (χ2n) is 10.0. The number of fused-ring (bicyclic) bond motifs is 1. The Bertz CT molecular complexity index is 1350. The smallest absolute Gasteiger partial charge is 0.0936 e. The van der Waals surface area contributed by atoms with Crippen molar-refractivity contribution in [2.24, 2.45) is 20.5 Å². The summed E-state index contributed by atoms with van der Waals surface area (Å²) in [5, 5.41) is 20.3. The summed E-state index contributed by atoms with van der Waals surface area (Å²) in [7, 11) is 0. The molecule has 0 fully saturated rings. The summed E-state index contributed by atoms with van der Waals surface area (Å²) in [5.74, 6) is 0. The lowest BCUT2D eigenvalue weighted by Crippen LogP contribution is -2.25. The van der Waals surface area contributed by atoms with Crippen molar-refractivity contribution in [1.82, 2.24) is 0 Å². The first kappa shape index (κ1) is 28.2. The largest absolute Gasteiger partial charge is 0.372 e. The van der Waals surface area contributed by atoms with E-state index in [9.17, 15) is 0 Å². The lowest BCUT2D eigenvalue weighted by atomic mass is 10.1. The van der Waals surface area contributed by atoms with Gasteiger partial charge in [-0.25, -0.2) is 0 Å². The number of hydrogen-bond acceptors (Lipinski definition) is 5. The molecule has 0 saturated carbocycles. The van der Waals surface area contributed by atoms with Gasteiger partial charge < -0.3 is 4.90 Å². The van der Waals surface area contributed by atoms with E-state index in [1.54, 1.807) is 0 Å². The van der Waals surface area contributed by atoms with Crippen LogP contribution in [0.5, 0.6) is 0 Å². The van der Waals surface area contributed by atoms with E-state index in [-0.39, 0.29) is 0 Å². The van der Waals surface area contributed by atoms with Crippen LogP contribution in [0, 0.1) is 0 Å². The molecule has 0 unspecified atom stereocenters. The first-order valence-electron chi connectivity index (χ1n) is 14.5. The highest BCUT2D eigenvalue weighted by molar-refractivity contribution is 5.99. The lowest BCUT2D eigenvalue weighted by Gasteiger charge is -2.24. The second-order valence-corrected chi connectivity index (χ2v) is 10.0. The molecule has 0 radical (unpaired) electrons. The molecule has 0 heterocycles. The van der Waals surface area contributed by atoms with Crippen LogP contribution in [-0.4, -0.2) is 13.1 Å². The number of unbranched alkanes of at least 4 members (excludes halogenated alkanes) is 3. The zero-order chi connectivity index (χ0) is 27.3. The van der Waals surface area contributed by atoms with Crippen LogP contribution in [0.3, 0.4) is 0 Å². The van der Waals surface area contributed by atoms with Crippen LogP contribution in [0.15, 0.2) is 105 Å². The van der Waals surface area contributed by atoms with Gasteiger partial charge in [0.2, 0.25) is 0 Å². The van der Waals surface area contributed by atoms with Crippen LogP contribution in [0.4, 0.5) is 28.4 Å². The van der Waals surface area contributed by atoms with Gasteiger partial charge in [-0.2, -0.15) is 10.2 Å². The molecular formula is C34H41N5. The predicted octanol–water partition coefficient (Wildman–Crippen LogP) is 11.4. The first-order chi connectivity index (χ1) is 19.2. The standard InChI is InChI=1S/C34H41N5/c1-4-7-12-27-15-17-28(18-16-27)35-37-33-23-24-34(32-14-11-10-13-31(32)33)38-36-29-19-21-30(22-20-29)39(25-8-5-2)26-9-6-3/h10-11,13-24H,4-9,12,25-26H2,1-3H3. The molecule has 0 N–H and O–H groups in total. The van der Waals surface area contributed by atoms with Gasteiger partial charge in [0.05, 0.1) is 22.7 Å². The van der Waals surface area contributed by atoms with E-state index >= 15 is 0 Å². The van der Waals surface area contributed by atoms with Crippen LogP contribution < -0.4 is 4.90 Å². The average molecular weight is 520 g/mol. The number of rotatable bonds is 14. The van der Waals surface area contributed by atoms with Crippen LogP contribution in [0.1, 0.15) is 64.9 Å². The summed E-state index contributed by atoms with van der Waals surface area (Å²) in [6.45, 7) is 8.89. The van der Waals surface area contributed by atoms with E-state index in [0.29, 0.717) is 0 Å². The molecule has 0 aliphatic rings. The minimum Gasteiger partial charge on any atom is -0.372 e. The number of hydrogen-bond donors (Lipinski definition) is 0. The molecular weight excluding hydrogens is 478 g/mol. The Labute approximate surface area is 233 Å². The van der Waals surface area contributed by atoms with E-state index in [1.165, 1.54) is 49.8 Å². The van der Waals surface area contributed by atoms with Crippen molar-refractivity contribution in [1.29, 1.82) is 0 Å². The minimum atomic E-state index is 0.821. The van der Waals surface area contributed by atoms with Gasteiger partial charge in [0, 0.05) is 29.5 Å². The maximum absolute atomic E-state index is 4.61.